The molecule has 118 valence electrons. The molecule has 23 heavy (non-hydrogen) atoms. The molecule has 0 bridgehead atoms. The Bertz CT molecular complexity index is 932. The first kappa shape index (κ1) is 14.3. The summed E-state index contributed by atoms with van der Waals surface area (Å²) in [6, 6.07) is 7.59. The Morgan fingerprint density at radius 1 is 1.26 bits per heavy atom. The number of anilines is 1. The summed E-state index contributed by atoms with van der Waals surface area (Å²) in [6.45, 7) is 2.82. The number of rotatable bonds is 2. The zero-order valence-electron chi connectivity index (χ0n) is 13.1. The van der Waals surface area contributed by atoms with Crippen molar-refractivity contribution in [3.05, 3.63) is 46.3 Å². The third kappa shape index (κ3) is 2.31. The molecule has 1 aliphatic rings. The van der Waals surface area contributed by atoms with Gasteiger partial charge in [-0.1, -0.05) is 12.1 Å². The van der Waals surface area contributed by atoms with Crippen molar-refractivity contribution in [2.45, 2.75) is 25.8 Å². The van der Waals surface area contributed by atoms with Gasteiger partial charge >= 0.3 is 0 Å². The van der Waals surface area contributed by atoms with Crippen molar-refractivity contribution in [1.82, 2.24) is 18.9 Å². The Kier molecular flexibility index (Phi) is 3.37. The molecule has 0 radical (unpaired) electrons. The molecule has 0 spiro atoms. The van der Waals surface area contributed by atoms with Crippen molar-refractivity contribution in [2.24, 2.45) is 7.05 Å². The Labute approximate surface area is 137 Å². The maximum absolute atomic E-state index is 12.6. The molecular formula is C16H17N5OS. The third-order valence-corrected chi connectivity index (χ3v) is 5.18. The molecule has 1 saturated heterocycles. The number of para-hydroxylation sites is 1. The second kappa shape index (κ2) is 5.42. The topological polar surface area (TPSA) is 63.9 Å². The van der Waals surface area contributed by atoms with Crippen molar-refractivity contribution < 1.29 is 0 Å². The summed E-state index contributed by atoms with van der Waals surface area (Å²) in [4.78, 5) is 24.1. The predicted molar refractivity (Wildman–Crippen MR) is 91.0 cm³/mol. The lowest BCUT2D eigenvalue weighted by Gasteiger charge is -2.24. The molecule has 6 nitrogen and oxygen atoms in total. The van der Waals surface area contributed by atoms with E-state index < -0.39 is 0 Å². The number of aromatic nitrogens is 4. The van der Waals surface area contributed by atoms with E-state index in [1.807, 2.05) is 31.2 Å². The second-order valence-electron chi connectivity index (χ2n) is 5.83. The fourth-order valence-corrected chi connectivity index (χ4v) is 3.95. The molecule has 2 aromatic heterocycles. The molecule has 3 heterocycles. The molecule has 1 atom stereocenters. The first-order valence-corrected chi connectivity index (χ1v) is 8.45. The van der Waals surface area contributed by atoms with Crippen LogP contribution < -0.4 is 10.5 Å². The molecule has 1 fully saturated rings. The molecule has 1 unspecified atom stereocenters. The van der Waals surface area contributed by atoms with Gasteiger partial charge in [0, 0.05) is 25.1 Å². The van der Waals surface area contributed by atoms with E-state index in [2.05, 4.69) is 14.3 Å². The van der Waals surface area contributed by atoms with Gasteiger partial charge < -0.3 is 4.90 Å². The average Bonchev–Trinajstić information content (AvgIpc) is 3.19. The van der Waals surface area contributed by atoms with Crippen LogP contribution in [0, 0.1) is 6.92 Å². The lowest BCUT2D eigenvalue weighted by molar-refractivity contribution is 0.610. The first-order chi connectivity index (χ1) is 11.1. The van der Waals surface area contributed by atoms with Crippen molar-refractivity contribution in [1.29, 1.82) is 0 Å². The molecule has 7 heteroatoms. The van der Waals surface area contributed by atoms with Gasteiger partial charge in [-0.2, -0.15) is 4.37 Å². The summed E-state index contributed by atoms with van der Waals surface area (Å²) < 4.78 is 5.96. The van der Waals surface area contributed by atoms with Crippen molar-refractivity contribution in [2.75, 3.05) is 11.4 Å². The Balaban J connectivity index is 1.84. The summed E-state index contributed by atoms with van der Waals surface area (Å²) in [5.74, 6) is 1.59. The Hall–Kier alpha value is -2.28. The van der Waals surface area contributed by atoms with Gasteiger partial charge in [-0.25, -0.2) is 9.97 Å². The lowest BCUT2D eigenvalue weighted by Crippen LogP contribution is -2.30. The van der Waals surface area contributed by atoms with Crippen LogP contribution in [-0.4, -0.2) is 25.5 Å². The van der Waals surface area contributed by atoms with Crippen molar-refractivity contribution >= 4 is 27.6 Å². The number of aryl methyl sites for hydroxylation is 1. The van der Waals surface area contributed by atoms with Gasteiger partial charge in [0.25, 0.3) is 5.56 Å². The van der Waals surface area contributed by atoms with Gasteiger partial charge in [0.2, 0.25) is 5.13 Å². The maximum Gasteiger partial charge on any atom is 0.261 e. The SMILES string of the molecule is Cc1nsc(N2CCCC2c2nc3ccccc3c(=O)n2C)n1. The normalized spacial score (nSPS) is 18.0. The highest BCUT2D eigenvalue weighted by molar-refractivity contribution is 7.09. The van der Waals surface area contributed by atoms with Gasteiger partial charge in [-0.3, -0.25) is 9.36 Å². The van der Waals surface area contributed by atoms with E-state index in [0.717, 1.165) is 41.7 Å². The van der Waals surface area contributed by atoms with E-state index in [9.17, 15) is 4.79 Å². The van der Waals surface area contributed by atoms with Crippen LogP contribution >= 0.6 is 11.5 Å². The smallest absolute Gasteiger partial charge is 0.261 e. The lowest BCUT2D eigenvalue weighted by atomic mass is 10.2. The van der Waals surface area contributed by atoms with Gasteiger partial charge in [-0.15, -0.1) is 0 Å². The zero-order valence-corrected chi connectivity index (χ0v) is 13.9. The Morgan fingerprint density at radius 3 is 2.87 bits per heavy atom. The zero-order chi connectivity index (χ0) is 16.0. The van der Waals surface area contributed by atoms with E-state index >= 15 is 0 Å². The van der Waals surface area contributed by atoms with Crippen LogP contribution in [-0.2, 0) is 7.05 Å². The maximum atomic E-state index is 12.6. The van der Waals surface area contributed by atoms with Crippen molar-refractivity contribution in [3.8, 4) is 0 Å². The molecule has 0 amide bonds. The number of nitrogens with zero attached hydrogens (tertiary/aromatic N) is 5. The van der Waals surface area contributed by atoms with Gasteiger partial charge in [0.1, 0.15) is 11.6 Å². The first-order valence-electron chi connectivity index (χ1n) is 7.68. The van der Waals surface area contributed by atoms with Crippen molar-refractivity contribution in [3.63, 3.8) is 0 Å². The van der Waals surface area contributed by atoms with Gasteiger partial charge in [0.05, 0.1) is 16.9 Å². The molecular weight excluding hydrogens is 310 g/mol. The molecule has 3 aromatic rings. The summed E-state index contributed by atoms with van der Waals surface area (Å²) in [7, 11) is 1.80. The number of hydrogen-bond donors (Lipinski definition) is 0. The Morgan fingerprint density at radius 2 is 2.09 bits per heavy atom. The predicted octanol–water partition coefficient (Wildman–Crippen LogP) is 2.43. The van der Waals surface area contributed by atoms with Gasteiger partial charge in [-0.05, 0) is 31.9 Å². The van der Waals surface area contributed by atoms with Crippen LogP contribution in [0.5, 0.6) is 0 Å². The summed E-state index contributed by atoms with van der Waals surface area (Å²) >= 11 is 1.41. The minimum absolute atomic E-state index is 0.00546. The second-order valence-corrected chi connectivity index (χ2v) is 6.56. The molecule has 1 aliphatic heterocycles. The summed E-state index contributed by atoms with van der Waals surface area (Å²) in [5, 5.41) is 1.57. The number of hydrogen-bond acceptors (Lipinski definition) is 6. The van der Waals surface area contributed by atoms with Crippen LogP contribution in [0.25, 0.3) is 10.9 Å². The highest BCUT2D eigenvalue weighted by Gasteiger charge is 2.31. The highest BCUT2D eigenvalue weighted by Crippen LogP contribution is 2.35. The minimum atomic E-state index is 0.00546. The third-order valence-electron chi connectivity index (χ3n) is 4.33. The fourth-order valence-electron chi connectivity index (χ4n) is 3.20. The van der Waals surface area contributed by atoms with Crippen LogP contribution in [0.1, 0.15) is 30.5 Å². The summed E-state index contributed by atoms with van der Waals surface area (Å²) in [6.07, 6.45) is 2.03. The van der Waals surface area contributed by atoms with Crippen LogP contribution in [0.15, 0.2) is 29.1 Å². The molecule has 4 rings (SSSR count). The van der Waals surface area contributed by atoms with Crippen LogP contribution in [0.4, 0.5) is 5.13 Å². The molecule has 1 aromatic carbocycles. The van der Waals surface area contributed by atoms with E-state index in [1.165, 1.54) is 11.5 Å². The highest BCUT2D eigenvalue weighted by atomic mass is 32.1. The van der Waals surface area contributed by atoms with Crippen LogP contribution in [0.2, 0.25) is 0 Å². The van der Waals surface area contributed by atoms with E-state index in [4.69, 9.17) is 4.98 Å². The monoisotopic (exact) mass is 327 g/mol. The minimum Gasteiger partial charge on any atom is -0.337 e. The summed E-state index contributed by atoms with van der Waals surface area (Å²) in [5.41, 5.74) is 0.761. The standard InChI is InChI=1S/C16H17N5OS/c1-10-17-16(23-19-10)21-9-5-8-13(21)14-18-12-7-4-3-6-11(12)15(22)20(14)2/h3-4,6-7,13H,5,8-9H2,1-2H3. The number of fused-ring (bicyclic) bond motifs is 1. The molecule has 0 saturated carbocycles. The average molecular weight is 327 g/mol. The van der Waals surface area contributed by atoms with E-state index in [-0.39, 0.29) is 11.6 Å². The van der Waals surface area contributed by atoms with E-state index in [1.54, 1.807) is 11.6 Å². The van der Waals surface area contributed by atoms with Crippen LogP contribution in [0.3, 0.4) is 0 Å². The fraction of sp³-hybridized carbons (Fsp3) is 0.375. The molecule has 0 aliphatic carbocycles. The largest absolute Gasteiger partial charge is 0.337 e. The quantitative estimate of drug-likeness (QED) is 0.723. The molecule has 0 N–H and O–H groups in total. The van der Waals surface area contributed by atoms with E-state index in [0.29, 0.717) is 5.39 Å². The number of benzene rings is 1. The van der Waals surface area contributed by atoms with Gasteiger partial charge in [0.15, 0.2) is 0 Å².